The van der Waals surface area contributed by atoms with E-state index in [9.17, 15) is 0 Å². The van der Waals surface area contributed by atoms with Crippen molar-refractivity contribution in [3.05, 3.63) is 54.1 Å². The number of nitrogens with one attached hydrogen (secondary N) is 1. The molecule has 3 nitrogen and oxygen atoms in total. The molecule has 0 heterocycles. The summed E-state index contributed by atoms with van der Waals surface area (Å²) in [6, 6.07) is 17.0. The van der Waals surface area contributed by atoms with Gasteiger partial charge >= 0.3 is 0 Å². The first kappa shape index (κ1) is 18.2. The number of rotatable bonds is 9. The van der Waals surface area contributed by atoms with E-state index >= 15 is 0 Å². The van der Waals surface area contributed by atoms with E-state index in [2.05, 4.69) is 74.3 Å². The van der Waals surface area contributed by atoms with Crippen LogP contribution in [0.1, 0.15) is 39.2 Å². The van der Waals surface area contributed by atoms with Crippen molar-refractivity contribution in [1.82, 2.24) is 0 Å². The fourth-order valence-electron chi connectivity index (χ4n) is 2.69. The zero-order chi connectivity index (χ0) is 17.4. The Labute approximate surface area is 146 Å². The lowest BCUT2D eigenvalue weighted by atomic mass is 10.0. The Morgan fingerprint density at radius 2 is 1.54 bits per heavy atom. The van der Waals surface area contributed by atoms with E-state index in [1.54, 1.807) is 0 Å². The van der Waals surface area contributed by atoms with Crippen molar-refractivity contribution >= 4 is 11.4 Å². The quantitative estimate of drug-likeness (QED) is 0.645. The summed E-state index contributed by atoms with van der Waals surface area (Å²) in [5, 5.41) is 3.40. The van der Waals surface area contributed by atoms with Crippen molar-refractivity contribution in [2.24, 2.45) is 0 Å². The summed E-state index contributed by atoms with van der Waals surface area (Å²) in [4.78, 5) is 2.34. The van der Waals surface area contributed by atoms with E-state index in [0.29, 0.717) is 12.5 Å². The first-order valence-electron chi connectivity index (χ1n) is 8.95. The molecule has 0 atom stereocenters. The maximum absolute atomic E-state index is 5.79. The molecular weight excluding hydrogens is 296 g/mol. The zero-order valence-electron chi connectivity index (χ0n) is 15.4. The van der Waals surface area contributed by atoms with Crippen molar-refractivity contribution in [2.45, 2.75) is 33.6 Å². The van der Waals surface area contributed by atoms with E-state index in [4.69, 9.17) is 4.74 Å². The standard InChI is InChI=1S/C21H30N2O/c1-5-23(6-2)20-11-9-19(10-12-20)22-15-16-24-21-13-7-18(8-14-21)17(3)4/h7-14,17,22H,5-6,15-16H2,1-4H3. The minimum atomic E-state index is 0.556. The SMILES string of the molecule is CCN(CC)c1ccc(NCCOc2ccc(C(C)C)cc2)cc1. The van der Waals surface area contributed by atoms with Crippen LogP contribution in [0, 0.1) is 0 Å². The number of hydrogen-bond donors (Lipinski definition) is 1. The highest BCUT2D eigenvalue weighted by molar-refractivity contribution is 5.55. The third kappa shape index (κ3) is 5.19. The summed E-state index contributed by atoms with van der Waals surface area (Å²) in [7, 11) is 0. The number of benzene rings is 2. The van der Waals surface area contributed by atoms with Gasteiger partial charge in [0.25, 0.3) is 0 Å². The highest BCUT2D eigenvalue weighted by atomic mass is 16.5. The van der Waals surface area contributed by atoms with Crippen molar-refractivity contribution < 1.29 is 4.74 Å². The van der Waals surface area contributed by atoms with Gasteiger partial charge in [0, 0.05) is 31.0 Å². The monoisotopic (exact) mass is 326 g/mol. The Morgan fingerprint density at radius 1 is 0.917 bits per heavy atom. The lowest BCUT2D eigenvalue weighted by molar-refractivity contribution is 0.333. The molecule has 0 amide bonds. The first-order chi connectivity index (χ1) is 11.6. The highest BCUT2D eigenvalue weighted by Crippen LogP contribution is 2.19. The minimum Gasteiger partial charge on any atom is -0.492 e. The molecule has 0 aliphatic heterocycles. The summed E-state index contributed by atoms with van der Waals surface area (Å²) in [6.07, 6.45) is 0. The molecule has 3 heteroatoms. The third-order valence-corrected chi connectivity index (χ3v) is 4.24. The van der Waals surface area contributed by atoms with Gasteiger partial charge in [-0.1, -0.05) is 26.0 Å². The fraction of sp³-hybridized carbons (Fsp3) is 0.429. The van der Waals surface area contributed by atoms with Gasteiger partial charge in [0.1, 0.15) is 12.4 Å². The maximum Gasteiger partial charge on any atom is 0.119 e. The van der Waals surface area contributed by atoms with Gasteiger partial charge < -0.3 is 15.0 Å². The van der Waals surface area contributed by atoms with Crippen molar-refractivity contribution in [1.29, 1.82) is 0 Å². The second-order valence-electron chi connectivity index (χ2n) is 6.22. The number of ether oxygens (including phenoxy) is 1. The van der Waals surface area contributed by atoms with Crippen LogP contribution in [0.2, 0.25) is 0 Å². The molecule has 2 rings (SSSR count). The second kappa shape index (κ2) is 9.21. The third-order valence-electron chi connectivity index (χ3n) is 4.24. The van der Waals surface area contributed by atoms with Gasteiger partial charge in [-0.05, 0) is 61.7 Å². The van der Waals surface area contributed by atoms with Gasteiger partial charge in [-0.15, -0.1) is 0 Å². The molecule has 0 spiro atoms. The molecule has 0 bridgehead atoms. The summed E-state index contributed by atoms with van der Waals surface area (Å²) < 4.78 is 5.79. The fourth-order valence-corrected chi connectivity index (χ4v) is 2.69. The van der Waals surface area contributed by atoms with Crippen molar-refractivity contribution in [3.63, 3.8) is 0 Å². The van der Waals surface area contributed by atoms with Crippen LogP contribution >= 0.6 is 0 Å². The maximum atomic E-state index is 5.79. The predicted molar refractivity (Wildman–Crippen MR) is 105 cm³/mol. The normalized spacial score (nSPS) is 10.7. The smallest absolute Gasteiger partial charge is 0.119 e. The van der Waals surface area contributed by atoms with Crippen LogP contribution in [0.3, 0.4) is 0 Å². The Morgan fingerprint density at radius 3 is 2.08 bits per heavy atom. The van der Waals surface area contributed by atoms with E-state index in [0.717, 1.165) is 31.1 Å². The molecule has 24 heavy (non-hydrogen) atoms. The van der Waals surface area contributed by atoms with Crippen LogP contribution in [0.15, 0.2) is 48.5 Å². The highest BCUT2D eigenvalue weighted by Gasteiger charge is 2.02. The van der Waals surface area contributed by atoms with Gasteiger partial charge in [0.05, 0.1) is 0 Å². The molecule has 2 aromatic carbocycles. The van der Waals surface area contributed by atoms with Crippen molar-refractivity contribution in [2.75, 3.05) is 36.5 Å². The topological polar surface area (TPSA) is 24.5 Å². The summed E-state index contributed by atoms with van der Waals surface area (Å²) in [6.45, 7) is 12.3. The molecule has 0 saturated carbocycles. The molecule has 1 N–H and O–H groups in total. The molecule has 2 aromatic rings. The molecular formula is C21H30N2O. The number of anilines is 2. The summed E-state index contributed by atoms with van der Waals surface area (Å²) >= 11 is 0. The Hall–Kier alpha value is -2.16. The van der Waals surface area contributed by atoms with Crippen LogP contribution in [0.5, 0.6) is 5.75 Å². The Balaban J connectivity index is 1.76. The summed E-state index contributed by atoms with van der Waals surface area (Å²) in [5.41, 5.74) is 3.74. The Bertz CT molecular complexity index is 586. The lowest BCUT2D eigenvalue weighted by Gasteiger charge is -2.21. The van der Waals surface area contributed by atoms with Gasteiger partial charge in [0.15, 0.2) is 0 Å². The summed E-state index contributed by atoms with van der Waals surface area (Å²) in [5.74, 6) is 1.48. The van der Waals surface area contributed by atoms with Crippen molar-refractivity contribution in [3.8, 4) is 5.75 Å². The van der Waals surface area contributed by atoms with Crippen LogP contribution in [0.4, 0.5) is 11.4 Å². The first-order valence-corrected chi connectivity index (χ1v) is 8.95. The zero-order valence-corrected chi connectivity index (χ0v) is 15.4. The van der Waals surface area contributed by atoms with Crippen LogP contribution in [-0.4, -0.2) is 26.2 Å². The number of nitrogens with zero attached hydrogens (tertiary/aromatic N) is 1. The molecule has 0 fully saturated rings. The number of hydrogen-bond acceptors (Lipinski definition) is 3. The molecule has 0 aromatic heterocycles. The Kier molecular flexibility index (Phi) is 6.98. The minimum absolute atomic E-state index is 0.556. The van der Waals surface area contributed by atoms with Gasteiger partial charge in [-0.3, -0.25) is 0 Å². The molecule has 0 unspecified atom stereocenters. The van der Waals surface area contributed by atoms with E-state index in [-0.39, 0.29) is 0 Å². The van der Waals surface area contributed by atoms with E-state index in [1.165, 1.54) is 11.3 Å². The van der Waals surface area contributed by atoms with Gasteiger partial charge in [-0.2, -0.15) is 0 Å². The molecule has 0 radical (unpaired) electrons. The average Bonchev–Trinajstić information content (AvgIpc) is 2.61. The second-order valence-corrected chi connectivity index (χ2v) is 6.22. The molecule has 0 aliphatic rings. The van der Waals surface area contributed by atoms with Gasteiger partial charge in [0.2, 0.25) is 0 Å². The molecule has 130 valence electrons. The predicted octanol–water partition coefficient (Wildman–Crippen LogP) is 5.15. The average molecular weight is 326 g/mol. The van der Waals surface area contributed by atoms with Crippen LogP contribution < -0.4 is 15.0 Å². The molecule has 0 saturated heterocycles. The van der Waals surface area contributed by atoms with E-state index in [1.807, 2.05) is 12.1 Å². The van der Waals surface area contributed by atoms with E-state index < -0.39 is 0 Å². The largest absolute Gasteiger partial charge is 0.492 e. The van der Waals surface area contributed by atoms with Crippen LogP contribution in [-0.2, 0) is 0 Å². The van der Waals surface area contributed by atoms with Gasteiger partial charge in [-0.25, -0.2) is 0 Å². The van der Waals surface area contributed by atoms with Crippen LogP contribution in [0.25, 0.3) is 0 Å². The lowest BCUT2D eigenvalue weighted by Crippen LogP contribution is -2.21. The molecule has 0 aliphatic carbocycles.